The highest BCUT2D eigenvalue weighted by atomic mass is 16.1. The van der Waals surface area contributed by atoms with Crippen LogP contribution in [0.3, 0.4) is 0 Å². The van der Waals surface area contributed by atoms with Crippen molar-refractivity contribution in [1.82, 2.24) is 0 Å². The van der Waals surface area contributed by atoms with E-state index in [9.17, 15) is 9.59 Å². The summed E-state index contributed by atoms with van der Waals surface area (Å²) in [5, 5.41) is 0. The van der Waals surface area contributed by atoms with E-state index in [1.165, 1.54) is 0 Å². The van der Waals surface area contributed by atoms with Gasteiger partial charge in [-0.1, -0.05) is 24.3 Å². The summed E-state index contributed by atoms with van der Waals surface area (Å²) < 4.78 is 0. The molecular weight excluding hydrogens is 200 g/mol. The van der Waals surface area contributed by atoms with Gasteiger partial charge in [0.05, 0.1) is 0 Å². The molecule has 3 rings (SSSR count). The van der Waals surface area contributed by atoms with Gasteiger partial charge in [0.2, 0.25) is 0 Å². The van der Waals surface area contributed by atoms with E-state index in [0.29, 0.717) is 12.8 Å². The van der Waals surface area contributed by atoms with Crippen molar-refractivity contribution in [2.45, 2.75) is 12.8 Å². The fraction of sp³-hybridized carbons (Fsp3) is 0.143. The molecule has 0 aliphatic heterocycles. The zero-order valence-electron chi connectivity index (χ0n) is 8.69. The zero-order valence-corrected chi connectivity index (χ0v) is 8.69. The Hall–Kier alpha value is -1.96. The highest BCUT2D eigenvalue weighted by molar-refractivity contribution is 6.01. The lowest BCUT2D eigenvalue weighted by Gasteiger charge is -2.16. The fourth-order valence-electron chi connectivity index (χ4n) is 2.20. The minimum atomic E-state index is 0.142. The van der Waals surface area contributed by atoms with Crippen molar-refractivity contribution in [2.24, 2.45) is 0 Å². The summed E-state index contributed by atoms with van der Waals surface area (Å²) in [7, 11) is 0. The normalized spacial score (nSPS) is 17.2. The topological polar surface area (TPSA) is 34.1 Å². The average molecular weight is 210 g/mol. The van der Waals surface area contributed by atoms with Crippen LogP contribution in [0.15, 0.2) is 24.3 Å². The first-order chi connectivity index (χ1) is 7.72. The van der Waals surface area contributed by atoms with Crippen molar-refractivity contribution >= 4 is 23.7 Å². The summed E-state index contributed by atoms with van der Waals surface area (Å²) in [6.07, 6.45) is 7.83. The Kier molecular flexibility index (Phi) is 1.90. The second kappa shape index (κ2) is 3.27. The molecule has 2 heteroatoms. The quantitative estimate of drug-likeness (QED) is 0.656. The third-order valence-electron chi connectivity index (χ3n) is 3.03. The summed E-state index contributed by atoms with van der Waals surface area (Å²) in [4.78, 5) is 22.6. The van der Waals surface area contributed by atoms with E-state index in [4.69, 9.17) is 0 Å². The van der Waals surface area contributed by atoms with E-state index < -0.39 is 0 Å². The van der Waals surface area contributed by atoms with Gasteiger partial charge in [-0.05, 0) is 34.4 Å². The Morgan fingerprint density at radius 2 is 1.12 bits per heavy atom. The summed E-state index contributed by atoms with van der Waals surface area (Å²) >= 11 is 0. The van der Waals surface area contributed by atoms with Crippen LogP contribution in [0.4, 0.5) is 0 Å². The Labute approximate surface area is 93.3 Å². The molecule has 0 spiro atoms. The summed E-state index contributed by atoms with van der Waals surface area (Å²) in [6, 6.07) is 4.05. The van der Waals surface area contributed by atoms with Crippen LogP contribution in [-0.2, 0) is 22.4 Å². The maximum absolute atomic E-state index is 11.3. The lowest BCUT2D eigenvalue weighted by Crippen LogP contribution is -2.10. The molecule has 1 aromatic carbocycles. The van der Waals surface area contributed by atoms with E-state index in [1.807, 2.05) is 24.3 Å². The number of hydrogen-bond acceptors (Lipinski definition) is 2. The van der Waals surface area contributed by atoms with Gasteiger partial charge in [0.25, 0.3) is 0 Å². The van der Waals surface area contributed by atoms with Crippen LogP contribution in [0, 0.1) is 0 Å². The molecule has 0 fully saturated rings. The van der Waals surface area contributed by atoms with Gasteiger partial charge < -0.3 is 0 Å². The van der Waals surface area contributed by atoms with Crippen LogP contribution < -0.4 is 0 Å². The molecule has 0 heterocycles. The SMILES string of the molecule is O=C1C=Cc2cc3c(cc2C1)C=CC(=O)C3. The van der Waals surface area contributed by atoms with E-state index >= 15 is 0 Å². The van der Waals surface area contributed by atoms with Gasteiger partial charge in [0, 0.05) is 12.8 Å². The molecule has 2 nitrogen and oxygen atoms in total. The number of allylic oxidation sites excluding steroid dienone is 2. The first-order valence-corrected chi connectivity index (χ1v) is 5.30. The zero-order chi connectivity index (χ0) is 11.1. The molecule has 0 saturated heterocycles. The minimum absolute atomic E-state index is 0.142. The van der Waals surface area contributed by atoms with Crippen molar-refractivity contribution < 1.29 is 9.59 Å². The molecule has 0 saturated carbocycles. The molecule has 0 aromatic heterocycles. The van der Waals surface area contributed by atoms with E-state index in [2.05, 4.69) is 0 Å². The number of carbonyl (C=O) groups excluding carboxylic acids is 2. The van der Waals surface area contributed by atoms with Crippen molar-refractivity contribution in [3.63, 3.8) is 0 Å². The number of fused-ring (bicyclic) bond motifs is 2. The molecule has 1 aromatic rings. The first-order valence-electron chi connectivity index (χ1n) is 5.30. The third kappa shape index (κ3) is 1.43. The van der Waals surface area contributed by atoms with Crippen molar-refractivity contribution in [3.8, 4) is 0 Å². The maximum atomic E-state index is 11.3. The lowest BCUT2D eigenvalue weighted by atomic mass is 9.88. The second-order valence-electron chi connectivity index (χ2n) is 4.20. The Bertz CT molecular complexity index is 511. The van der Waals surface area contributed by atoms with Gasteiger partial charge in [-0.3, -0.25) is 9.59 Å². The van der Waals surface area contributed by atoms with Crippen LogP contribution in [-0.4, -0.2) is 11.6 Å². The van der Waals surface area contributed by atoms with Gasteiger partial charge >= 0.3 is 0 Å². The molecule has 0 atom stereocenters. The van der Waals surface area contributed by atoms with E-state index in [-0.39, 0.29) is 11.6 Å². The van der Waals surface area contributed by atoms with Gasteiger partial charge in [0.15, 0.2) is 11.6 Å². The summed E-state index contributed by atoms with van der Waals surface area (Å²) in [6.45, 7) is 0. The molecule has 0 unspecified atom stereocenters. The van der Waals surface area contributed by atoms with E-state index in [1.54, 1.807) is 12.2 Å². The molecule has 78 valence electrons. The number of carbonyl (C=O) groups is 2. The average Bonchev–Trinajstić information content (AvgIpc) is 2.26. The molecule has 2 aliphatic rings. The Balaban J connectivity index is 2.16. The monoisotopic (exact) mass is 210 g/mol. The summed E-state index contributed by atoms with van der Waals surface area (Å²) in [5.41, 5.74) is 4.26. The number of hydrogen-bond donors (Lipinski definition) is 0. The Morgan fingerprint density at radius 1 is 0.688 bits per heavy atom. The lowest BCUT2D eigenvalue weighted by molar-refractivity contribution is -0.114. The van der Waals surface area contributed by atoms with Crippen LogP contribution in [0.25, 0.3) is 12.2 Å². The number of benzene rings is 1. The van der Waals surface area contributed by atoms with Gasteiger partial charge in [-0.2, -0.15) is 0 Å². The molecule has 16 heavy (non-hydrogen) atoms. The maximum Gasteiger partial charge on any atom is 0.160 e. The summed E-state index contributed by atoms with van der Waals surface area (Å²) in [5.74, 6) is 0.284. The van der Waals surface area contributed by atoms with Crippen molar-refractivity contribution in [3.05, 3.63) is 46.5 Å². The first kappa shape index (κ1) is 9.28. The van der Waals surface area contributed by atoms with Crippen molar-refractivity contribution in [1.29, 1.82) is 0 Å². The second-order valence-corrected chi connectivity index (χ2v) is 4.20. The van der Waals surface area contributed by atoms with Gasteiger partial charge in [0.1, 0.15) is 0 Å². The predicted molar refractivity (Wildman–Crippen MR) is 61.9 cm³/mol. The number of ketones is 2. The Morgan fingerprint density at radius 3 is 1.56 bits per heavy atom. The van der Waals surface area contributed by atoms with Crippen LogP contribution in [0.2, 0.25) is 0 Å². The van der Waals surface area contributed by atoms with Crippen molar-refractivity contribution in [2.75, 3.05) is 0 Å². The minimum Gasteiger partial charge on any atom is -0.294 e. The highest BCUT2D eigenvalue weighted by Gasteiger charge is 2.16. The standard InChI is InChI=1S/C14H10O2/c15-13-3-1-9-5-12-8-14(16)4-2-10(12)6-11(9)7-13/h1-6H,7-8H2. The smallest absolute Gasteiger partial charge is 0.160 e. The van der Waals surface area contributed by atoms with Crippen LogP contribution >= 0.6 is 0 Å². The largest absolute Gasteiger partial charge is 0.294 e. The van der Waals surface area contributed by atoms with Gasteiger partial charge in [-0.15, -0.1) is 0 Å². The number of rotatable bonds is 0. The molecule has 0 N–H and O–H groups in total. The third-order valence-corrected chi connectivity index (χ3v) is 3.03. The molecular formula is C14H10O2. The molecule has 0 bridgehead atoms. The molecule has 0 radical (unpaired) electrons. The van der Waals surface area contributed by atoms with Gasteiger partial charge in [-0.25, -0.2) is 0 Å². The molecule has 0 amide bonds. The highest BCUT2D eigenvalue weighted by Crippen LogP contribution is 2.26. The van der Waals surface area contributed by atoms with E-state index in [0.717, 1.165) is 22.3 Å². The predicted octanol–water partition coefficient (Wildman–Crippen LogP) is 1.96. The van der Waals surface area contributed by atoms with Crippen LogP contribution in [0.1, 0.15) is 22.3 Å². The fourth-order valence-corrected chi connectivity index (χ4v) is 2.20. The van der Waals surface area contributed by atoms with Crippen LogP contribution in [0.5, 0.6) is 0 Å². The molecule has 2 aliphatic carbocycles.